The molecule has 0 heterocycles. The van der Waals surface area contributed by atoms with Crippen molar-refractivity contribution in [3.63, 3.8) is 0 Å². The number of benzene rings is 2. The molecular formula is C26H33NSi. The van der Waals surface area contributed by atoms with Gasteiger partial charge in [0, 0.05) is 12.1 Å². The molecule has 28 heavy (non-hydrogen) atoms. The molecule has 0 spiro atoms. The predicted molar refractivity (Wildman–Crippen MR) is 125 cm³/mol. The van der Waals surface area contributed by atoms with E-state index in [1.54, 1.807) is 11.1 Å². The summed E-state index contributed by atoms with van der Waals surface area (Å²) < 4.78 is 0. The molecule has 146 valence electrons. The summed E-state index contributed by atoms with van der Waals surface area (Å²) in [6.07, 6.45) is 8.69. The van der Waals surface area contributed by atoms with Gasteiger partial charge in [-0.05, 0) is 47.3 Å². The van der Waals surface area contributed by atoms with Gasteiger partial charge >= 0.3 is 0 Å². The molecule has 0 aromatic heterocycles. The van der Waals surface area contributed by atoms with Crippen molar-refractivity contribution < 1.29 is 0 Å². The van der Waals surface area contributed by atoms with Crippen LogP contribution in [-0.2, 0) is 0 Å². The van der Waals surface area contributed by atoms with Crippen LogP contribution in [0.5, 0.6) is 0 Å². The third-order valence-electron chi connectivity index (χ3n) is 6.96. The molecular weight excluding hydrogens is 354 g/mol. The van der Waals surface area contributed by atoms with Crippen molar-refractivity contribution >= 4 is 8.07 Å². The Balaban J connectivity index is 1.62. The smallest absolute Gasteiger partial charge is 0.0715 e. The van der Waals surface area contributed by atoms with E-state index in [4.69, 9.17) is 0 Å². The summed E-state index contributed by atoms with van der Waals surface area (Å²) in [7, 11) is -1.63. The zero-order valence-corrected chi connectivity index (χ0v) is 18.8. The first-order chi connectivity index (χ1) is 13.6. The van der Waals surface area contributed by atoms with E-state index in [0.29, 0.717) is 11.1 Å². The molecule has 0 saturated heterocycles. The van der Waals surface area contributed by atoms with Gasteiger partial charge in [-0.15, -0.1) is 0 Å². The third kappa shape index (κ3) is 3.33. The molecule has 2 aliphatic carbocycles. The van der Waals surface area contributed by atoms with Gasteiger partial charge in [-0.2, -0.15) is 0 Å². The quantitative estimate of drug-likeness (QED) is 0.481. The maximum Gasteiger partial charge on any atom is 0.0715 e. The Kier molecular flexibility index (Phi) is 5.44. The lowest BCUT2D eigenvalue weighted by atomic mass is 10.1. The molecule has 1 nitrogen and oxygen atoms in total. The van der Waals surface area contributed by atoms with Crippen molar-refractivity contribution in [2.75, 3.05) is 19.6 Å². The predicted octanol–water partition coefficient (Wildman–Crippen LogP) is 6.64. The molecule has 0 saturated carbocycles. The van der Waals surface area contributed by atoms with Crippen LogP contribution in [0.25, 0.3) is 11.1 Å². The van der Waals surface area contributed by atoms with Crippen LogP contribution in [-0.4, -0.2) is 32.6 Å². The fourth-order valence-electron chi connectivity index (χ4n) is 5.18. The van der Waals surface area contributed by atoms with E-state index in [2.05, 4.69) is 98.6 Å². The summed E-state index contributed by atoms with van der Waals surface area (Å²) in [4.78, 5) is 2.52. The highest BCUT2D eigenvalue weighted by atomic mass is 28.3. The van der Waals surface area contributed by atoms with Crippen LogP contribution in [0.3, 0.4) is 0 Å². The highest BCUT2D eigenvalue weighted by molar-refractivity contribution is 6.82. The van der Waals surface area contributed by atoms with Crippen LogP contribution in [0.1, 0.15) is 36.9 Å². The lowest BCUT2D eigenvalue weighted by Gasteiger charge is -2.35. The number of fused-ring (bicyclic) bond motifs is 3. The first-order valence-electron chi connectivity index (χ1n) is 10.9. The number of hydrogen-bond donors (Lipinski definition) is 0. The minimum absolute atomic E-state index is 0.577. The van der Waals surface area contributed by atoms with Crippen LogP contribution in [0.4, 0.5) is 0 Å². The number of allylic oxidation sites excluding steroid dienone is 3. The van der Waals surface area contributed by atoms with E-state index >= 15 is 0 Å². The third-order valence-corrected chi connectivity index (χ3v) is 11.1. The molecule has 1 atom stereocenters. The van der Waals surface area contributed by atoms with Crippen molar-refractivity contribution in [2.24, 2.45) is 0 Å². The first-order valence-corrected chi connectivity index (χ1v) is 14.0. The summed E-state index contributed by atoms with van der Waals surface area (Å²) in [5, 5.41) is 0. The monoisotopic (exact) mass is 387 g/mol. The summed E-state index contributed by atoms with van der Waals surface area (Å²) in [5.41, 5.74) is 8.75. The Hall–Kier alpha value is -1.90. The van der Waals surface area contributed by atoms with Crippen LogP contribution in [0.15, 0.2) is 72.3 Å². The maximum atomic E-state index is 2.60. The highest BCUT2D eigenvalue weighted by Crippen LogP contribution is 2.52. The second-order valence-corrected chi connectivity index (χ2v) is 13.7. The van der Waals surface area contributed by atoms with Gasteiger partial charge in [-0.3, -0.25) is 0 Å². The zero-order chi connectivity index (χ0) is 19.7. The first kappa shape index (κ1) is 19.4. The molecule has 0 fully saturated rings. The van der Waals surface area contributed by atoms with Gasteiger partial charge in [0.1, 0.15) is 0 Å². The SMILES string of the molecule is CCN(CC)CCC1=CC([Si](C)(C)C2c3ccccc3-c3ccccc32)C=C1. The topological polar surface area (TPSA) is 3.24 Å². The van der Waals surface area contributed by atoms with E-state index in [1.165, 1.54) is 29.7 Å². The van der Waals surface area contributed by atoms with Gasteiger partial charge < -0.3 is 4.90 Å². The Morgan fingerprint density at radius 2 is 1.43 bits per heavy atom. The van der Waals surface area contributed by atoms with Gasteiger partial charge in [-0.1, -0.05) is 99.3 Å². The van der Waals surface area contributed by atoms with Crippen molar-refractivity contribution in [1.29, 1.82) is 0 Å². The average Bonchev–Trinajstić information content (AvgIpc) is 3.32. The number of nitrogens with zero attached hydrogens (tertiary/aromatic N) is 1. The molecule has 2 aromatic carbocycles. The lowest BCUT2D eigenvalue weighted by Crippen LogP contribution is -2.38. The minimum Gasteiger partial charge on any atom is -0.304 e. The summed E-state index contributed by atoms with van der Waals surface area (Å²) in [6, 6.07) is 18.2. The van der Waals surface area contributed by atoms with Crippen molar-refractivity contribution in [2.45, 2.75) is 44.4 Å². The molecule has 0 aliphatic heterocycles. The van der Waals surface area contributed by atoms with Crippen LogP contribution in [0.2, 0.25) is 18.6 Å². The van der Waals surface area contributed by atoms with Crippen molar-refractivity contribution in [3.05, 3.63) is 83.5 Å². The second-order valence-electron chi connectivity index (χ2n) is 8.83. The molecule has 2 heteroatoms. The van der Waals surface area contributed by atoms with Crippen LogP contribution < -0.4 is 0 Å². The Bertz CT molecular complexity index is 859. The van der Waals surface area contributed by atoms with Crippen molar-refractivity contribution in [1.82, 2.24) is 4.90 Å². The number of rotatable bonds is 7. The van der Waals surface area contributed by atoms with E-state index in [0.717, 1.165) is 13.1 Å². The minimum atomic E-state index is -1.63. The summed E-state index contributed by atoms with van der Waals surface area (Å²) >= 11 is 0. The largest absolute Gasteiger partial charge is 0.304 e. The van der Waals surface area contributed by atoms with E-state index in [1.807, 2.05) is 0 Å². The fraction of sp³-hybridized carbons (Fsp3) is 0.385. The van der Waals surface area contributed by atoms with Gasteiger partial charge in [0.2, 0.25) is 0 Å². The fourth-order valence-corrected chi connectivity index (χ4v) is 8.90. The Labute approximate surface area is 171 Å². The van der Waals surface area contributed by atoms with E-state index < -0.39 is 8.07 Å². The zero-order valence-electron chi connectivity index (χ0n) is 17.8. The molecule has 0 N–H and O–H groups in total. The standard InChI is InChI=1S/C26H33NSi/c1-5-27(6-2)18-17-20-15-16-21(19-20)28(3,4)26-24-13-9-7-11-22(24)23-12-8-10-14-25(23)26/h7-16,19,21,26H,5-6,17-18H2,1-4H3. The molecule has 2 aliphatic rings. The number of hydrogen-bond acceptors (Lipinski definition) is 1. The molecule has 0 bridgehead atoms. The second kappa shape index (κ2) is 7.85. The van der Waals surface area contributed by atoms with Crippen molar-refractivity contribution in [3.8, 4) is 11.1 Å². The van der Waals surface area contributed by atoms with Crippen LogP contribution in [0, 0.1) is 0 Å². The van der Waals surface area contributed by atoms with E-state index in [-0.39, 0.29) is 0 Å². The summed E-state index contributed by atoms with van der Waals surface area (Å²) in [6.45, 7) is 13.2. The molecule has 0 radical (unpaired) electrons. The maximum absolute atomic E-state index is 2.60. The normalized spacial score (nSPS) is 18.5. The van der Waals surface area contributed by atoms with Gasteiger partial charge in [0.05, 0.1) is 8.07 Å². The average molecular weight is 388 g/mol. The van der Waals surface area contributed by atoms with Gasteiger partial charge in [0.25, 0.3) is 0 Å². The van der Waals surface area contributed by atoms with Gasteiger partial charge in [0.15, 0.2) is 0 Å². The molecule has 0 amide bonds. The van der Waals surface area contributed by atoms with E-state index in [9.17, 15) is 0 Å². The Morgan fingerprint density at radius 3 is 2.00 bits per heavy atom. The Morgan fingerprint density at radius 1 is 0.857 bits per heavy atom. The highest BCUT2D eigenvalue weighted by Gasteiger charge is 2.44. The lowest BCUT2D eigenvalue weighted by molar-refractivity contribution is 0.308. The van der Waals surface area contributed by atoms with Gasteiger partial charge in [-0.25, -0.2) is 0 Å². The van der Waals surface area contributed by atoms with Crippen LogP contribution >= 0.6 is 0 Å². The molecule has 4 rings (SSSR count). The molecule has 2 aromatic rings. The molecule has 1 unspecified atom stereocenters. The summed E-state index contributed by atoms with van der Waals surface area (Å²) in [5.74, 6) is 0.